The van der Waals surface area contributed by atoms with Crippen molar-refractivity contribution in [2.45, 2.75) is 17.3 Å². The van der Waals surface area contributed by atoms with Crippen molar-refractivity contribution in [2.24, 2.45) is 0 Å². The van der Waals surface area contributed by atoms with E-state index in [0.717, 1.165) is 6.07 Å². The molecule has 0 unspecified atom stereocenters. The minimum atomic E-state index is -4.92. The first-order valence-electron chi connectivity index (χ1n) is 9.48. The Bertz CT molecular complexity index is 1370. The van der Waals surface area contributed by atoms with Crippen molar-refractivity contribution in [1.29, 1.82) is 0 Å². The maximum absolute atomic E-state index is 13.1. The molecule has 0 fully saturated rings. The number of nitrogens with one attached hydrogen (secondary N) is 1. The van der Waals surface area contributed by atoms with Crippen LogP contribution in [0.15, 0.2) is 88.2 Å². The third-order valence-corrected chi connectivity index (χ3v) is 6.15. The topological polar surface area (TPSA) is 85.6 Å². The van der Waals surface area contributed by atoms with E-state index in [0.29, 0.717) is 22.3 Å². The van der Waals surface area contributed by atoms with Gasteiger partial charge < -0.3 is 14.5 Å². The quantitative estimate of drug-likeness (QED) is 0.409. The summed E-state index contributed by atoms with van der Waals surface area (Å²) in [4.78, 5) is 12.3. The average Bonchev–Trinajstić information content (AvgIpc) is 3.17. The fourth-order valence-corrected chi connectivity index (χ4v) is 4.08. The largest absolute Gasteiger partial charge is 0.489 e. The third kappa shape index (κ3) is 4.19. The van der Waals surface area contributed by atoms with Crippen LogP contribution in [0.5, 0.6) is 5.75 Å². The molecule has 0 aliphatic heterocycles. The molecular formula is C23H17F2NO5S. The van der Waals surface area contributed by atoms with Crippen LogP contribution in [-0.2, 0) is 16.4 Å². The molecule has 164 valence electrons. The number of hydrogen-bond donors (Lipinski definition) is 1. The van der Waals surface area contributed by atoms with Crippen LogP contribution in [0.2, 0.25) is 0 Å². The molecule has 1 heterocycles. The number of rotatable bonds is 7. The molecule has 0 bridgehead atoms. The van der Waals surface area contributed by atoms with Crippen molar-refractivity contribution in [3.63, 3.8) is 0 Å². The molecule has 1 amide bonds. The molecule has 0 spiro atoms. The maximum Gasteiger partial charge on any atom is 0.341 e. The second-order valence-corrected chi connectivity index (χ2v) is 8.65. The highest BCUT2D eigenvalue weighted by Gasteiger charge is 2.30. The number of halogens is 2. The average molecular weight is 457 g/mol. The van der Waals surface area contributed by atoms with Crippen LogP contribution >= 0.6 is 0 Å². The molecule has 3 aromatic carbocycles. The first-order chi connectivity index (χ1) is 15.4. The van der Waals surface area contributed by atoms with Crippen LogP contribution in [0.1, 0.15) is 16.1 Å². The Morgan fingerprint density at radius 3 is 2.34 bits per heavy atom. The Morgan fingerprint density at radius 1 is 0.938 bits per heavy atom. The van der Waals surface area contributed by atoms with Crippen molar-refractivity contribution in [3.05, 3.63) is 90.2 Å². The molecule has 0 saturated carbocycles. The molecule has 9 heteroatoms. The highest BCUT2D eigenvalue weighted by molar-refractivity contribution is 7.91. The number of carbonyl (C=O) groups excluding carboxylic acids is 1. The first-order valence-corrected chi connectivity index (χ1v) is 11.0. The monoisotopic (exact) mass is 457 g/mol. The van der Waals surface area contributed by atoms with Gasteiger partial charge in [0.1, 0.15) is 17.9 Å². The summed E-state index contributed by atoms with van der Waals surface area (Å²) in [6.45, 7) is 0.000753. The van der Waals surface area contributed by atoms with E-state index in [1.54, 1.807) is 48.5 Å². The molecule has 0 radical (unpaired) electrons. The van der Waals surface area contributed by atoms with Gasteiger partial charge in [-0.2, -0.15) is 8.78 Å². The molecule has 0 atom stereocenters. The van der Waals surface area contributed by atoms with Gasteiger partial charge in [0, 0.05) is 10.9 Å². The molecule has 0 aliphatic carbocycles. The third-order valence-electron chi connectivity index (χ3n) is 4.71. The number of sulfone groups is 1. The van der Waals surface area contributed by atoms with Gasteiger partial charge in [0.2, 0.25) is 9.84 Å². The summed E-state index contributed by atoms with van der Waals surface area (Å²) < 4.78 is 61.6. The predicted molar refractivity (Wildman–Crippen MR) is 115 cm³/mol. The first kappa shape index (κ1) is 21.5. The fourth-order valence-electron chi connectivity index (χ4n) is 3.19. The van der Waals surface area contributed by atoms with E-state index in [1.165, 1.54) is 18.2 Å². The maximum atomic E-state index is 13.1. The number of anilines is 1. The number of ether oxygens (including phenoxy) is 1. The van der Waals surface area contributed by atoms with Crippen molar-refractivity contribution in [1.82, 2.24) is 0 Å². The van der Waals surface area contributed by atoms with Crippen LogP contribution in [-0.4, -0.2) is 20.1 Å². The summed E-state index contributed by atoms with van der Waals surface area (Å²) in [7, 11) is -4.92. The molecule has 4 aromatic rings. The van der Waals surface area contributed by atoms with E-state index < -0.39 is 26.4 Å². The number of carbonyl (C=O) groups is 1. The zero-order valence-corrected chi connectivity index (χ0v) is 17.3. The van der Waals surface area contributed by atoms with Gasteiger partial charge >= 0.3 is 5.76 Å². The Hall–Kier alpha value is -3.72. The lowest BCUT2D eigenvalue weighted by molar-refractivity contribution is 0.0995. The van der Waals surface area contributed by atoms with Crippen molar-refractivity contribution in [2.75, 3.05) is 5.32 Å². The normalized spacial score (nSPS) is 11.6. The van der Waals surface area contributed by atoms with Crippen molar-refractivity contribution < 1.29 is 31.1 Å². The number of hydrogen-bond acceptors (Lipinski definition) is 5. The Balaban J connectivity index is 1.69. The second-order valence-electron chi connectivity index (χ2n) is 6.76. The molecule has 6 nitrogen and oxygen atoms in total. The highest BCUT2D eigenvalue weighted by Crippen LogP contribution is 2.30. The number of alkyl halides is 2. The molecule has 0 aliphatic rings. The van der Waals surface area contributed by atoms with Crippen LogP contribution in [0, 0.1) is 0 Å². The minimum absolute atomic E-state index is 0.000753. The molecule has 1 aromatic heterocycles. The fraction of sp³-hybridized carbons (Fsp3) is 0.0870. The number of para-hydroxylation sites is 3. The number of amides is 1. The van der Waals surface area contributed by atoms with Crippen molar-refractivity contribution >= 4 is 32.4 Å². The zero-order chi connectivity index (χ0) is 22.7. The van der Waals surface area contributed by atoms with Crippen LogP contribution in [0.3, 0.4) is 0 Å². The van der Waals surface area contributed by atoms with E-state index >= 15 is 0 Å². The van der Waals surface area contributed by atoms with Crippen LogP contribution in [0.25, 0.3) is 11.0 Å². The van der Waals surface area contributed by atoms with Crippen LogP contribution in [0.4, 0.5) is 14.5 Å². The predicted octanol–water partition coefficient (Wildman–Crippen LogP) is 5.26. The SMILES string of the molecule is O=C(Nc1ccccc1S(=O)(=O)C(F)F)c1oc2ccccc2c1COc1ccccc1. The lowest BCUT2D eigenvalue weighted by Crippen LogP contribution is -2.18. The summed E-state index contributed by atoms with van der Waals surface area (Å²) in [6, 6.07) is 20.9. The van der Waals surface area contributed by atoms with Gasteiger partial charge in [-0.05, 0) is 30.3 Å². The van der Waals surface area contributed by atoms with Crippen molar-refractivity contribution in [3.8, 4) is 5.75 Å². The molecule has 4 rings (SSSR count). The molecular weight excluding hydrogens is 440 g/mol. The van der Waals surface area contributed by atoms with Gasteiger partial charge in [0.25, 0.3) is 5.91 Å². The molecule has 0 saturated heterocycles. The number of fused-ring (bicyclic) bond motifs is 1. The lowest BCUT2D eigenvalue weighted by Gasteiger charge is -2.11. The van der Waals surface area contributed by atoms with Gasteiger partial charge in [-0.1, -0.05) is 48.5 Å². The zero-order valence-electron chi connectivity index (χ0n) is 16.5. The van der Waals surface area contributed by atoms with Crippen LogP contribution < -0.4 is 10.1 Å². The summed E-state index contributed by atoms with van der Waals surface area (Å²) in [5.41, 5.74) is 0.599. The summed E-state index contributed by atoms with van der Waals surface area (Å²) in [5.74, 6) is -3.93. The van der Waals surface area contributed by atoms with E-state index in [2.05, 4.69) is 5.32 Å². The van der Waals surface area contributed by atoms with E-state index in [-0.39, 0.29) is 18.1 Å². The summed E-state index contributed by atoms with van der Waals surface area (Å²) >= 11 is 0. The van der Waals surface area contributed by atoms with E-state index in [9.17, 15) is 22.0 Å². The van der Waals surface area contributed by atoms with E-state index in [1.807, 2.05) is 6.07 Å². The smallest absolute Gasteiger partial charge is 0.341 e. The van der Waals surface area contributed by atoms with E-state index in [4.69, 9.17) is 9.15 Å². The van der Waals surface area contributed by atoms with Gasteiger partial charge in [0.05, 0.1) is 10.6 Å². The summed E-state index contributed by atoms with van der Waals surface area (Å²) in [6.07, 6.45) is 0. The Kier molecular flexibility index (Phi) is 5.91. The van der Waals surface area contributed by atoms with Gasteiger partial charge in [0.15, 0.2) is 5.76 Å². The highest BCUT2D eigenvalue weighted by atomic mass is 32.2. The number of benzene rings is 3. The summed E-state index contributed by atoms with van der Waals surface area (Å²) in [5, 5.41) is 3.03. The number of furan rings is 1. The molecule has 1 N–H and O–H groups in total. The van der Waals surface area contributed by atoms with Gasteiger partial charge in [-0.25, -0.2) is 8.42 Å². The lowest BCUT2D eigenvalue weighted by atomic mass is 10.1. The van der Waals surface area contributed by atoms with Gasteiger partial charge in [-0.3, -0.25) is 4.79 Å². The Morgan fingerprint density at radius 2 is 1.59 bits per heavy atom. The second kappa shape index (κ2) is 8.80. The van der Waals surface area contributed by atoms with Gasteiger partial charge in [-0.15, -0.1) is 0 Å². The standard InChI is InChI=1S/C23H17F2NO5S/c24-23(25)32(28,29)20-13-7-5-11-18(20)26-22(27)21-17(14-30-15-8-2-1-3-9-15)16-10-4-6-12-19(16)31-21/h1-13,23H,14H2,(H,26,27). The minimum Gasteiger partial charge on any atom is -0.489 e. The Labute approximate surface area is 182 Å². The molecule has 32 heavy (non-hydrogen) atoms.